The fraction of sp³-hybridized carbons (Fsp3) is 0.0667. The lowest BCUT2D eigenvalue weighted by Crippen LogP contribution is -2.12. The Bertz CT molecular complexity index is 701. The highest BCUT2D eigenvalue weighted by Crippen LogP contribution is 2.25. The second kappa shape index (κ2) is 6.41. The fourth-order valence-corrected chi connectivity index (χ4v) is 1.98. The van der Waals surface area contributed by atoms with E-state index in [-0.39, 0.29) is 17.6 Å². The number of aromatic hydroxyl groups is 1. The number of rotatable bonds is 3. The molecular formula is C15H13BrN2O3. The lowest BCUT2D eigenvalue weighted by molar-refractivity contribution is -0.114. The Morgan fingerprint density at radius 1 is 1.05 bits per heavy atom. The molecule has 0 spiro atoms. The first kappa shape index (κ1) is 15.1. The van der Waals surface area contributed by atoms with E-state index in [0.717, 1.165) is 0 Å². The van der Waals surface area contributed by atoms with Gasteiger partial charge in [-0.2, -0.15) is 0 Å². The first-order valence-corrected chi connectivity index (χ1v) is 6.92. The lowest BCUT2D eigenvalue weighted by Gasteiger charge is -2.08. The Hall–Kier alpha value is -2.34. The van der Waals surface area contributed by atoms with E-state index >= 15 is 0 Å². The minimum absolute atomic E-state index is 0.00496. The summed E-state index contributed by atoms with van der Waals surface area (Å²) in [5.74, 6) is -0.538. The zero-order valence-electron chi connectivity index (χ0n) is 11.2. The first-order valence-electron chi connectivity index (χ1n) is 6.13. The number of carbonyl (C=O) groups excluding carboxylic acids is 2. The maximum absolute atomic E-state index is 12.1. The van der Waals surface area contributed by atoms with Gasteiger partial charge in [0.2, 0.25) is 5.91 Å². The Balaban J connectivity index is 2.15. The van der Waals surface area contributed by atoms with Crippen LogP contribution in [0.3, 0.4) is 0 Å². The highest BCUT2D eigenvalue weighted by Gasteiger charge is 2.09. The molecule has 6 heteroatoms. The molecule has 0 fully saturated rings. The predicted octanol–water partition coefficient (Wildman–Crippen LogP) is 3.37. The lowest BCUT2D eigenvalue weighted by atomic mass is 10.2. The molecule has 2 aromatic carbocycles. The van der Waals surface area contributed by atoms with Gasteiger partial charge >= 0.3 is 0 Å². The molecule has 108 valence electrons. The molecule has 3 N–H and O–H groups in total. The summed E-state index contributed by atoms with van der Waals surface area (Å²) in [6, 6.07) is 11.4. The van der Waals surface area contributed by atoms with Gasteiger partial charge in [-0.3, -0.25) is 9.59 Å². The largest absolute Gasteiger partial charge is 0.507 e. The summed E-state index contributed by atoms with van der Waals surface area (Å²) in [5.41, 5.74) is 1.48. The third-order valence-electron chi connectivity index (χ3n) is 2.65. The first-order chi connectivity index (χ1) is 9.95. The number of halogens is 1. The smallest absolute Gasteiger partial charge is 0.255 e. The van der Waals surface area contributed by atoms with E-state index in [1.54, 1.807) is 36.4 Å². The van der Waals surface area contributed by atoms with Crippen LogP contribution < -0.4 is 10.6 Å². The van der Waals surface area contributed by atoms with Crippen molar-refractivity contribution < 1.29 is 14.7 Å². The number of phenolic OH excluding ortho intramolecular Hbond substituents is 1. The van der Waals surface area contributed by atoms with Crippen LogP contribution in [0.25, 0.3) is 0 Å². The highest BCUT2D eigenvalue weighted by molar-refractivity contribution is 9.10. The molecule has 0 bridgehead atoms. The monoisotopic (exact) mass is 348 g/mol. The van der Waals surface area contributed by atoms with Crippen LogP contribution in [0.1, 0.15) is 17.3 Å². The quantitative estimate of drug-likeness (QED) is 0.795. The van der Waals surface area contributed by atoms with Crippen molar-refractivity contribution in [1.82, 2.24) is 0 Å². The average Bonchev–Trinajstić information content (AvgIpc) is 2.41. The summed E-state index contributed by atoms with van der Waals surface area (Å²) in [6.07, 6.45) is 0. The van der Waals surface area contributed by atoms with E-state index in [0.29, 0.717) is 21.4 Å². The van der Waals surface area contributed by atoms with Crippen molar-refractivity contribution in [3.8, 4) is 5.75 Å². The topological polar surface area (TPSA) is 78.4 Å². The molecule has 2 amide bonds. The highest BCUT2D eigenvalue weighted by atomic mass is 79.9. The van der Waals surface area contributed by atoms with Gasteiger partial charge < -0.3 is 15.7 Å². The van der Waals surface area contributed by atoms with Crippen molar-refractivity contribution in [2.75, 3.05) is 10.6 Å². The molecular weight excluding hydrogens is 336 g/mol. The molecule has 2 aromatic rings. The molecule has 0 aliphatic heterocycles. The molecule has 5 nitrogen and oxygen atoms in total. The van der Waals surface area contributed by atoms with Crippen LogP contribution in [0.2, 0.25) is 0 Å². The zero-order valence-corrected chi connectivity index (χ0v) is 12.8. The van der Waals surface area contributed by atoms with Gasteiger partial charge in [-0.1, -0.05) is 6.07 Å². The second-order valence-electron chi connectivity index (χ2n) is 4.38. The molecule has 0 aliphatic carbocycles. The Morgan fingerprint density at radius 2 is 1.71 bits per heavy atom. The third-order valence-corrected chi connectivity index (χ3v) is 3.32. The van der Waals surface area contributed by atoms with Crippen LogP contribution in [0.5, 0.6) is 5.75 Å². The summed E-state index contributed by atoms with van der Waals surface area (Å²) >= 11 is 3.16. The van der Waals surface area contributed by atoms with Gasteiger partial charge in [0.05, 0.1) is 4.47 Å². The van der Waals surface area contributed by atoms with Crippen molar-refractivity contribution in [1.29, 1.82) is 0 Å². The number of amides is 2. The number of phenols is 1. The summed E-state index contributed by atoms with van der Waals surface area (Å²) in [5, 5.41) is 14.9. The SMILES string of the molecule is CC(=O)Nc1cccc(NC(=O)c2ccc(Br)c(O)c2)c1. The van der Waals surface area contributed by atoms with Gasteiger partial charge in [0.25, 0.3) is 5.91 Å². The summed E-state index contributed by atoms with van der Waals surface area (Å²) < 4.78 is 0.520. The van der Waals surface area contributed by atoms with E-state index in [2.05, 4.69) is 26.6 Å². The van der Waals surface area contributed by atoms with Crippen LogP contribution in [0, 0.1) is 0 Å². The van der Waals surface area contributed by atoms with E-state index < -0.39 is 0 Å². The molecule has 0 saturated carbocycles. The van der Waals surface area contributed by atoms with Crippen molar-refractivity contribution in [2.45, 2.75) is 6.92 Å². The van der Waals surface area contributed by atoms with Gasteiger partial charge in [-0.05, 0) is 52.3 Å². The Kier molecular flexibility index (Phi) is 4.59. The summed E-state index contributed by atoms with van der Waals surface area (Å²) in [7, 11) is 0. The Morgan fingerprint density at radius 3 is 2.33 bits per heavy atom. The van der Waals surface area contributed by atoms with Gasteiger partial charge in [0.15, 0.2) is 0 Å². The van der Waals surface area contributed by atoms with Gasteiger partial charge in [-0.15, -0.1) is 0 Å². The number of benzene rings is 2. The second-order valence-corrected chi connectivity index (χ2v) is 5.24. The van der Waals surface area contributed by atoms with Crippen LogP contribution in [-0.4, -0.2) is 16.9 Å². The minimum Gasteiger partial charge on any atom is -0.507 e. The normalized spacial score (nSPS) is 10.0. The maximum Gasteiger partial charge on any atom is 0.255 e. The molecule has 0 aromatic heterocycles. The van der Waals surface area contributed by atoms with Crippen molar-refractivity contribution in [3.05, 3.63) is 52.5 Å². The molecule has 0 unspecified atom stereocenters. The molecule has 0 atom stereocenters. The molecule has 2 rings (SSSR count). The molecule has 21 heavy (non-hydrogen) atoms. The van der Waals surface area contributed by atoms with Crippen LogP contribution in [0.15, 0.2) is 46.9 Å². The van der Waals surface area contributed by atoms with E-state index in [1.165, 1.54) is 13.0 Å². The molecule has 0 heterocycles. The number of hydrogen-bond donors (Lipinski definition) is 3. The number of nitrogens with one attached hydrogen (secondary N) is 2. The van der Waals surface area contributed by atoms with Crippen LogP contribution in [0.4, 0.5) is 11.4 Å². The number of anilines is 2. The van der Waals surface area contributed by atoms with Crippen LogP contribution >= 0.6 is 15.9 Å². The molecule has 0 aliphatic rings. The summed E-state index contributed by atoms with van der Waals surface area (Å²) in [4.78, 5) is 23.1. The number of hydrogen-bond acceptors (Lipinski definition) is 3. The zero-order chi connectivity index (χ0) is 15.4. The van der Waals surface area contributed by atoms with Crippen molar-refractivity contribution in [2.24, 2.45) is 0 Å². The average molecular weight is 349 g/mol. The van der Waals surface area contributed by atoms with Gasteiger partial charge in [-0.25, -0.2) is 0 Å². The van der Waals surface area contributed by atoms with Crippen molar-refractivity contribution in [3.63, 3.8) is 0 Å². The number of carbonyl (C=O) groups is 2. The van der Waals surface area contributed by atoms with E-state index in [9.17, 15) is 14.7 Å². The van der Waals surface area contributed by atoms with E-state index in [4.69, 9.17) is 0 Å². The molecule has 0 saturated heterocycles. The van der Waals surface area contributed by atoms with Gasteiger partial charge in [0, 0.05) is 23.9 Å². The third kappa shape index (κ3) is 4.06. The fourth-order valence-electron chi connectivity index (χ4n) is 1.74. The van der Waals surface area contributed by atoms with Gasteiger partial charge in [0.1, 0.15) is 5.75 Å². The Labute approximate surface area is 130 Å². The maximum atomic E-state index is 12.1. The molecule has 0 radical (unpaired) electrons. The van der Waals surface area contributed by atoms with Crippen LogP contribution in [-0.2, 0) is 4.79 Å². The summed E-state index contributed by atoms with van der Waals surface area (Å²) in [6.45, 7) is 1.41. The predicted molar refractivity (Wildman–Crippen MR) is 84.5 cm³/mol. The minimum atomic E-state index is -0.349. The van der Waals surface area contributed by atoms with E-state index in [1.807, 2.05) is 0 Å². The standard InChI is InChI=1S/C15H13BrN2O3/c1-9(19)17-11-3-2-4-12(8-11)18-15(21)10-5-6-13(16)14(20)7-10/h2-8,20H,1H3,(H,17,19)(H,18,21). The van der Waals surface area contributed by atoms with Crippen molar-refractivity contribution >= 4 is 39.1 Å².